The third kappa shape index (κ3) is 3.49. The standard InChI is InChI=1S/C17H22N8O/c1-24-7-5-12(6-8-24)15-10-25(23-20-15)13-3-4-14(18-9-13)17-19-16(11-26-2)21-22-17/h3-4,9-10,12H,5-8,11H2,1-2H3,(H,19,21,22). The Morgan fingerprint density at radius 3 is 2.77 bits per heavy atom. The van der Waals surface area contributed by atoms with Crippen molar-refractivity contribution in [2.75, 3.05) is 27.2 Å². The van der Waals surface area contributed by atoms with Crippen molar-refractivity contribution >= 4 is 0 Å². The molecular formula is C17H22N8O. The summed E-state index contributed by atoms with van der Waals surface area (Å²) in [4.78, 5) is 9.90. The number of hydrogen-bond donors (Lipinski definition) is 1. The Hall–Kier alpha value is -2.65. The highest BCUT2D eigenvalue weighted by molar-refractivity contribution is 5.50. The molecule has 1 fully saturated rings. The lowest BCUT2D eigenvalue weighted by Crippen LogP contribution is -2.29. The second kappa shape index (κ2) is 7.30. The maximum absolute atomic E-state index is 5.04. The molecule has 1 aliphatic heterocycles. The Morgan fingerprint density at radius 2 is 2.04 bits per heavy atom. The molecule has 4 rings (SSSR count). The van der Waals surface area contributed by atoms with Gasteiger partial charge in [-0.15, -0.1) is 15.3 Å². The molecule has 0 atom stereocenters. The molecule has 0 aliphatic carbocycles. The second-order valence-electron chi connectivity index (χ2n) is 6.62. The topological polar surface area (TPSA) is 97.6 Å². The minimum Gasteiger partial charge on any atom is -0.377 e. The van der Waals surface area contributed by atoms with E-state index in [4.69, 9.17) is 4.74 Å². The van der Waals surface area contributed by atoms with E-state index < -0.39 is 0 Å². The summed E-state index contributed by atoms with van der Waals surface area (Å²) in [6.07, 6.45) is 6.03. The molecule has 0 amide bonds. The highest BCUT2D eigenvalue weighted by Gasteiger charge is 2.21. The number of likely N-dealkylation sites (tertiary alicyclic amines) is 1. The zero-order valence-electron chi connectivity index (χ0n) is 15.0. The summed E-state index contributed by atoms with van der Waals surface area (Å²) in [6, 6.07) is 3.84. The molecule has 3 aromatic heterocycles. The number of methoxy groups -OCH3 is 1. The maximum atomic E-state index is 5.04. The molecule has 0 spiro atoms. The molecule has 1 aliphatic rings. The van der Waals surface area contributed by atoms with Gasteiger partial charge in [0.15, 0.2) is 11.6 Å². The van der Waals surface area contributed by atoms with Crippen LogP contribution in [0.4, 0.5) is 0 Å². The molecule has 9 nitrogen and oxygen atoms in total. The van der Waals surface area contributed by atoms with E-state index in [-0.39, 0.29) is 0 Å². The lowest BCUT2D eigenvalue weighted by molar-refractivity contribution is 0.178. The van der Waals surface area contributed by atoms with Crippen LogP contribution in [0.15, 0.2) is 24.5 Å². The highest BCUT2D eigenvalue weighted by Crippen LogP contribution is 2.26. The van der Waals surface area contributed by atoms with E-state index in [1.54, 1.807) is 18.0 Å². The summed E-state index contributed by atoms with van der Waals surface area (Å²) in [5, 5.41) is 16.8. The third-order valence-electron chi connectivity index (χ3n) is 4.72. The van der Waals surface area contributed by atoms with E-state index in [0.717, 1.165) is 43.0 Å². The first-order chi connectivity index (χ1) is 12.7. The van der Waals surface area contributed by atoms with Crippen molar-refractivity contribution in [3.05, 3.63) is 36.0 Å². The van der Waals surface area contributed by atoms with E-state index in [2.05, 4.69) is 42.4 Å². The zero-order valence-corrected chi connectivity index (χ0v) is 15.0. The van der Waals surface area contributed by atoms with Gasteiger partial charge in [0.25, 0.3) is 0 Å². The number of rotatable bonds is 5. The fourth-order valence-electron chi connectivity index (χ4n) is 3.17. The molecule has 9 heteroatoms. The maximum Gasteiger partial charge on any atom is 0.180 e. The van der Waals surface area contributed by atoms with E-state index >= 15 is 0 Å². The van der Waals surface area contributed by atoms with Crippen molar-refractivity contribution in [1.82, 2.24) is 40.1 Å². The number of ether oxygens (including phenoxy) is 1. The third-order valence-corrected chi connectivity index (χ3v) is 4.72. The lowest BCUT2D eigenvalue weighted by atomic mass is 9.94. The van der Waals surface area contributed by atoms with Crippen LogP contribution in [-0.2, 0) is 11.3 Å². The van der Waals surface area contributed by atoms with Gasteiger partial charge in [0, 0.05) is 13.0 Å². The fourth-order valence-corrected chi connectivity index (χ4v) is 3.17. The molecule has 1 N–H and O–H groups in total. The monoisotopic (exact) mass is 354 g/mol. The van der Waals surface area contributed by atoms with Crippen molar-refractivity contribution in [2.45, 2.75) is 25.4 Å². The molecule has 0 bridgehead atoms. The van der Waals surface area contributed by atoms with Crippen molar-refractivity contribution in [2.24, 2.45) is 0 Å². The number of H-pyrrole nitrogens is 1. The van der Waals surface area contributed by atoms with Crippen LogP contribution in [0.2, 0.25) is 0 Å². The summed E-state index contributed by atoms with van der Waals surface area (Å²) in [5.74, 6) is 1.78. The van der Waals surface area contributed by atoms with Gasteiger partial charge in [-0.3, -0.25) is 4.98 Å². The van der Waals surface area contributed by atoms with Crippen molar-refractivity contribution in [1.29, 1.82) is 0 Å². The van der Waals surface area contributed by atoms with Crippen LogP contribution >= 0.6 is 0 Å². The molecule has 26 heavy (non-hydrogen) atoms. The van der Waals surface area contributed by atoms with Gasteiger partial charge in [-0.1, -0.05) is 5.21 Å². The first-order valence-electron chi connectivity index (χ1n) is 8.71. The summed E-state index contributed by atoms with van der Waals surface area (Å²) in [6.45, 7) is 2.61. The minimum atomic E-state index is 0.393. The molecule has 3 aromatic rings. The predicted molar refractivity (Wildman–Crippen MR) is 94.7 cm³/mol. The number of piperidine rings is 1. The normalized spacial score (nSPS) is 16.2. The Labute approximate surface area is 151 Å². The number of nitrogens with one attached hydrogen (secondary N) is 1. The van der Waals surface area contributed by atoms with Crippen molar-refractivity contribution < 1.29 is 4.74 Å². The lowest BCUT2D eigenvalue weighted by Gasteiger charge is -2.27. The van der Waals surface area contributed by atoms with Crippen LogP contribution < -0.4 is 0 Å². The van der Waals surface area contributed by atoms with E-state index in [0.29, 0.717) is 24.2 Å². The van der Waals surface area contributed by atoms with Crippen LogP contribution in [0.25, 0.3) is 17.2 Å². The Kier molecular flexibility index (Phi) is 4.72. The van der Waals surface area contributed by atoms with Gasteiger partial charge < -0.3 is 14.6 Å². The number of hydrogen-bond acceptors (Lipinski definition) is 7. The van der Waals surface area contributed by atoms with Crippen LogP contribution in [0.5, 0.6) is 0 Å². The fraction of sp³-hybridized carbons (Fsp3) is 0.471. The first-order valence-corrected chi connectivity index (χ1v) is 8.71. The minimum absolute atomic E-state index is 0.393. The summed E-state index contributed by atoms with van der Waals surface area (Å²) in [7, 11) is 3.78. The van der Waals surface area contributed by atoms with Crippen LogP contribution in [-0.4, -0.2) is 67.3 Å². The highest BCUT2D eigenvalue weighted by atomic mass is 16.5. The van der Waals surface area contributed by atoms with Gasteiger partial charge in [-0.05, 0) is 45.1 Å². The molecule has 136 valence electrons. The Morgan fingerprint density at radius 1 is 1.19 bits per heavy atom. The smallest absolute Gasteiger partial charge is 0.180 e. The predicted octanol–water partition coefficient (Wildman–Crippen LogP) is 1.40. The van der Waals surface area contributed by atoms with Gasteiger partial charge >= 0.3 is 0 Å². The number of pyridine rings is 1. The van der Waals surface area contributed by atoms with Crippen LogP contribution in [0.1, 0.15) is 30.3 Å². The van der Waals surface area contributed by atoms with E-state index in [1.807, 2.05) is 18.3 Å². The molecule has 1 saturated heterocycles. The van der Waals surface area contributed by atoms with Gasteiger partial charge in [0.1, 0.15) is 12.3 Å². The molecule has 0 saturated carbocycles. The van der Waals surface area contributed by atoms with Gasteiger partial charge in [-0.25, -0.2) is 4.68 Å². The Bertz CT molecular complexity index is 848. The molecule has 4 heterocycles. The SMILES string of the molecule is COCc1nnc(-c2ccc(-n3cc(C4CCN(C)CC4)nn3)cn2)[nH]1. The Balaban J connectivity index is 1.48. The zero-order chi connectivity index (χ0) is 17.9. The van der Waals surface area contributed by atoms with Crippen LogP contribution in [0.3, 0.4) is 0 Å². The molecule has 0 aromatic carbocycles. The van der Waals surface area contributed by atoms with E-state index in [9.17, 15) is 0 Å². The van der Waals surface area contributed by atoms with E-state index in [1.165, 1.54) is 0 Å². The van der Waals surface area contributed by atoms with Gasteiger partial charge in [0.05, 0.1) is 23.8 Å². The van der Waals surface area contributed by atoms with Crippen molar-refractivity contribution in [3.8, 4) is 17.2 Å². The second-order valence-corrected chi connectivity index (χ2v) is 6.62. The quantitative estimate of drug-likeness (QED) is 0.739. The average molecular weight is 354 g/mol. The number of aromatic amines is 1. The molecule has 0 unspecified atom stereocenters. The number of nitrogens with zero attached hydrogens (tertiary/aromatic N) is 7. The first kappa shape index (κ1) is 16.8. The van der Waals surface area contributed by atoms with Gasteiger partial charge in [0.2, 0.25) is 0 Å². The summed E-state index contributed by atoms with van der Waals surface area (Å²) >= 11 is 0. The number of aromatic nitrogens is 7. The molecular weight excluding hydrogens is 332 g/mol. The van der Waals surface area contributed by atoms with Gasteiger partial charge in [-0.2, -0.15) is 0 Å². The average Bonchev–Trinajstić information content (AvgIpc) is 3.33. The molecule has 0 radical (unpaired) electrons. The van der Waals surface area contributed by atoms with Crippen LogP contribution in [0, 0.1) is 0 Å². The van der Waals surface area contributed by atoms with Crippen molar-refractivity contribution in [3.63, 3.8) is 0 Å². The summed E-state index contributed by atoms with van der Waals surface area (Å²) in [5.41, 5.74) is 2.65. The summed E-state index contributed by atoms with van der Waals surface area (Å²) < 4.78 is 6.82. The largest absolute Gasteiger partial charge is 0.377 e.